The lowest BCUT2D eigenvalue weighted by Gasteiger charge is -2.32. The van der Waals surface area contributed by atoms with Crippen LogP contribution in [0.3, 0.4) is 0 Å². The molecule has 1 fully saturated rings. The maximum absolute atomic E-state index is 11.1. The zero-order chi connectivity index (χ0) is 14.7. The Hall–Kier alpha value is -1.51. The van der Waals surface area contributed by atoms with Crippen molar-refractivity contribution in [3.05, 3.63) is 23.8 Å². The number of benzene rings is 1. The summed E-state index contributed by atoms with van der Waals surface area (Å²) in [5.74, 6) is 1.58. The van der Waals surface area contributed by atoms with Crippen molar-refractivity contribution in [1.82, 2.24) is 0 Å². The highest BCUT2D eigenvalue weighted by molar-refractivity contribution is 5.89. The number of hydrogen-bond acceptors (Lipinski definition) is 2. The Kier molecular flexibility index (Phi) is 4.69. The molecule has 1 aliphatic rings. The second-order valence-corrected chi connectivity index (χ2v) is 6.47. The van der Waals surface area contributed by atoms with E-state index in [1.807, 2.05) is 13.0 Å². The van der Waals surface area contributed by atoms with Crippen molar-refractivity contribution >= 4 is 17.3 Å². The van der Waals surface area contributed by atoms with Gasteiger partial charge < -0.3 is 10.6 Å². The van der Waals surface area contributed by atoms with Gasteiger partial charge in [-0.1, -0.05) is 13.8 Å². The van der Waals surface area contributed by atoms with Crippen molar-refractivity contribution in [1.29, 1.82) is 0 Å². The molecule has 20 heavy (non-hydrogen) atoms. The summed E-state index contributed by atoms with van der Waals surface area (Å²) in [5.41, 5.74) is 3.15. The quantitative estimate of drug-likeness (QED) is 0.867. The van der Waals surface area contributed by atoms with E-state index < -0.39 is 0 Å². The van der Waals surface area contributed by atoms with Crippen molar-refractivity contribution in [2.24, 2.45) is 11.8 Å². The predicted octanol–water partition coefficient (Wildman–Crippen LogP) is 4.19. The first-order valence-electron chi connectivity index (χ1n) is 7.59. The molecule has 3 heteroatoms. The molecular formula is C17H26N2O. The van der Waals surface area contributed by atoms with Gasteiger partial charge in [0, 0.05) is 24.3 Å². The molecule has 0 spiro atoms. The Morgan fingerprint density at radius 3 is 2.35 bits per heavy atom. The van der Waals surface area contributed by atoms with Gasteiger partial charge in [0.1, 0.15) is 0 Å². The van der Waals surface area contributed by atoms with E-state index in [4.69, 9.17) is 0 Å². The molecule has 2 N–H and O–H groups in total. The van der Waals surface area contributed by atoms with E-state index in [1.54, 1.807) is 0 Å². The highest BCUT2D eigenvalue weighted by atomic mass is 16.1. The van der Waals surface area contributed by atoms with Crippen LogP contribution in [0, 0.1) is 18.8 Å². The summed E-state index contributed by atoms with van der Waals surface area (Å²) >= 11 is 0. The van der Waals surface area contributed by atoms with Gasteiger partial charge in [-0.2, -0.15) is 0 Å². The van der Waals surface area contributed by atoms with Crippen LogP contribution in [-0.4, -0.2) is 11.9 Å². The average Bonchev–Trinajstić information content (AvgIpc) is 2.31. The summed E-state index contributed by atoms with van der Waals surface area (Å²) < 4.78 is 0. The van der Waals surface area contributed by atoms with E-state index in [9.17, 15) is 4.79 Å². The van der Waals surface area contributed by atoms with Crippen molar-refractivity contribution in [2.45, 2.75) is 53.0 Å². The van der Waals surface area contributed by atoms with Gasteiger partial charge in [0.05, 0.1) is 0 Å². The van der Waals surface area contributed by atoms with Crippen LogP contribution in [0.15, 0.2) is 18.2 Å². The van der Waals surface area contributed by atoms with Gasteiger partial charge in [-0.05, 0) is 61.8 Å². The van der Waals surface area contributed by atoms with E-state index in [0.717, 1.165) is 28.8 Å². The van der Waals surface area contributed by atoms with Gasteiger partial charge >= 0.3 is 0 Å². The van der Waals surface area contributed by atoms with Crippen molar-refractivity contribution < 1.29 is 4.79 Å². The molecule has 1 aromatic carbocycles. The minimum absolute atomic E-state index is 0.0243. The smallest absolute Gasteiger partial charge is 0.221 e. The van der Waals surface area contributed by atoms with E-state index in [1.165, 1.54) is 26.2 Å². The summed E-state index contributed by atoms with van der Waals surface area (Å²) in [6.45, 7) is 8.25. The molecule has 2 unspecified atom stereocenters. The third-order valence-corrected chi connectivity index (χ3v) is 4.09. The number of rotatable bonds is 3. The summed E-state index contributed by atoms with van der Waals surface area (Å²) in [4.78, 5) is 11.1. The zero-order valence-electron chi connectivity index (χ0n) is 13.0. The van der Waals surface area contributed by atoms with Crippen LogP contribution in [0.4, 0.5) is 11.4 Å². The third kappa shape index (κ3) is 3.99. The van der Waals surface area contributed by atoms with Crippen molar-refractivity contribution in [2.75, 3.05) is 10.6 Å². The number of anilines is 2. The van der Waals surface area contributed by atoms with Crippen molar-refractivity contribution in [3.8, 4) is 0 Å². The summed E-state index contributed by atoms with van der Waals surface area (Å²) in [6.07, 6.45) is 3.84. The van der Waals surface area contributed by atoms with Crippen LogP contribution in [0.1, 0.15) is 45.6 Å². The molecule has 110 valence electrons. The Morgan fingerprint density at radius 2 is 1.80 bits per heavy atom. The SMILES string of the molecule is CC(=O)Nc1ccc(NC2CC(C)CC(C)C2)cc1C. The maximum atomic E-state index is 11.1. The van der Waals surface area contributed by atoms with Crippen LogP contribution < -0.4 is 10.6 Å². The first kappa shape index (κ1) is 14.9. The summed E-state index contributed by atoms with van der Waals surface area (Å²) in [5, 5.41) is 6.50. The molecule has 2 rings (SSSR count). The maximum Gasteiger partial charge on any atom is 0.221 e. The van der Waals surface area contributed by atoms with Gasteiger partial charge in [0.15, 0.2) is 0 Å². The summed E-state index contributed by atoms with van der Waals surface area (Å²) in [6, 6.07) is 6.73. The van der Waals surface area contributed by atoms with Crippen molar-refractivity contribution in [3.63, 3.8) is 0 Å². The second-order valence-electron chi connectivity index (χ2n) is 6.47. The fourth-order valence-corrected chi connectivity index (χ4v) is 3.38. The first-order chi connectivity index (χ1) is 9.44. The molecule has 0 heterocycles. The molecule has 1 amide bonds. The standard InChI is InChI=1S/C17H26N2O/c1-11-7-12(2)9-16(8-11)19-15-5-6-17(13(3)10-15)18-14(4)20/h5-6,10-12,16,19H,7-9H2,1-4H3,(H,18,20). The Balaban J connectivity index is 2.03. The lowest BCUT2D eigenvalue weighted by molar-refractivity contribution is -0.114. The minimum Gasteiger partial charge on any atom is -0.382 e. The Bertz CT molecular complexity index is 474. The highest BCUT2D eigenvalue weighted by Crippen LogP contribution is 2.31. The Morgan fingerprint density at radius 1 is 1.15 bits per heavy atom. The average molecular weight is 274 g/mol. The molecule has 0 aliphatic heterocycles. The third-order valence-electron chi connectivity index (χ3n) is 4.09. The number of carbonyl (C=O) groups excluding carboxylic acids is 1. The van der Waals surface area contributed by atoms with Crippen LogP contribution >= 0.6 is 0 Å². The molecule has 0 aromatic heterocycles. The number of hydrogen-bond donors (Lipinski definition) is 2. The number of amides is 1. The molecule has 1 saturated carbocycles. The largest absolute Gasteiger partial charge is 0.382 e. The van der Waals surface area contributed by atoms with Gasteiger partial charge in [-0.25, -0.2) is 0 Å². The lowest BCUT2D eigenvalue weighted by Crippen LogP contribution is -2.30. The molecule has 1 aliphatic carbocycles. The number of carbonyl (C=O) groups is 1. The van der Waals surface area contributed by atoms with Gasteiger partial charge in [-0.3, -0.25) is 4.79 Å². The molecule has 0 radical (unpaired) electrons. The highest BCUT2D eigenvalue weighted by Gasteiger charge is 2.23. The topological polar surface area (TPSA) is 41.1 Å². The summed E-state index contributed by atoms with van der Waals surface area (Å²) in [7, 11) is 0. The van der Waals surface area contributed by atoms with Gasteiger partial charge in [0.2, 0.25) is 5.91 Å². The van der Waals surface area contributed by atoms with E-state index in [-0.39, 0.29) is 5.91 Å². The van der Waals surface area contributed by atoms with Crippen LogP contribution in [-0.2, 0) is 4.79 Å². The van der Waals surface area contributed by atoms with E-state index in [0.29, 0.717) is 6.04 Å². The van der Waals surface area contributed by atoms with Gasteiger partial charge in [0.25, 0.3) is 0 Å². The lowest BCUT2D eigenvalue weighted by atomic mass is 9.80. The Labute approximate surface area is 122 Å². The molecule has 3 nitrogen and oxygen atoms in total. The van der Waals surface area contributed by atoms with Crippen LogP contribution in [0.2, 0.25) is 0 Å². The molecule has 0 bridgehead atoms. The van der Waals surface area contributed by atoms with Gasteiger partial charge in [-0.15, -0.1) is 0 Å². The molecule has 0 saturated heterocycles. The second kappa shape index (κ2) is 6.29. The minimum atomic E-state index is -0.0243. The van der Waals surface area contributed by atoms with Crippen LogP contribution in [0.25, 0.3) is 0 Å². The molecule has 1 aromatic rings. The van der Waals surface area contributed by atoms with E-state index >= 15 is 0 Å². The zero-order valence-corrected chi connectivity index (χ0v) is 13.0. The first-order valence-corrected chi connectivity index (χ1v) is 7.59. The van der Waals surface area contributed by atoms with Crippen LogP contribution in [0.5, 0.6) is 0 Å². The number of aryl methyl sites for hydroxylation is 1. The molecule has 2 atom stereocenters. The fourth-order valence-electron chi connectivity index (χ4n) is 3.38. The normalized spacial score (nSPS) is 26.1. The molecular weight excluding hydrogens is 248 g/mol. The predicted molar refractivity (Wildman–Crippen MR) is 85.1 cm³/mol. The number of nitrogens with one attached hydrogen (secondary N) is 2. The fraction of sp³-hybridized carbons (Fsp3) is 0.588. The van der Waals surface area contributed by atoms with E-state index in [2.05, 4.69) is 36.6 Å². The monoisotopic (exact) mass is 274 g/mol.